The summed E-state index contributed by atoms with van der Waals surface area (Å²) in [4.78, 5) is 11.6. The van der Waals surface area contributed by atoms with Gasteiger partial charge in [0, 0.05) is 18.3 Å². The van der Waals surface area contributed by atoms with Crippen LogP contribution >= 0.6 is 11.8 Å². The molecule has 1 rings (SSSR count). The topological polar surface area (TPSA) is 41.1 Å². The Labute approximate surface area is 103 Å². The van der Waals surface area contributed by atoms with Crippen molar-refractivity contribution >= 4 is 17.7 Å². The second-order valence-electron chi connectivity index (χ2n) is 5.15. The minimum atomic E-state index is -0.0945. The van der Waals surface area contributed by atoms with Crippen molar-refractivity contribution in [1.82, 2.24) is 10.6 Å². The van der Waals surface area contributed by atoms with Gasteiger partial charge in [-0.3, -0.25) is 4.79 Å². The highest BCUT2D eigenvalue weighted by atomic mass is 32.2. The molecule has 0 aromatic rings. The molecule has 0 saturated carbocycles. The molecule has 2 unspecified atom stereocenters. The summed E-state index contributed by atoms with van der Waals surface area (Å²) in [5.74, 6) is 2.45. The molecule has 0 aromatic carbocycles. The van der Waals surface area contributed by atoms with Crippen molar-refractivity contribution in [3.05, 3.63) is 0 Å². The fourth-order valence-corrected chi connectivity index (χ4v) is 3.53. The van der Waals surface area contributed by atoms with E-state index in [0.717, 1.165) is 5.75 Å². The van der Waals surface area contributed by atoms with E-state index < -0.39 is 0 Å². The average Bonchev–Trinajstić information content (AvgIpc) is 2.21. The largest absolute Gasteiger partial charge is 0.355 e. The lowest BCUT2D eigenvalue weighted by Crippen LogP contribution is -2.54. The van der Waals surface area contributed by atoms with Gasteiger partial charge in [-0.05, 0) is 31.4 Å². The standard InChI is InChI=1S/C12H24N2OS/c1-5-13-11(15)9(2)14-10-8-16-7-6-12(10,3)4/h9-10,14H,5-8H2,1-4H3,(H,13,15). The maximum absolute atomic E-state index is 11.6. The van der Waals surface area contributed by atoms with E-state index in [1.807, 2.05) is 25.6 Å². The maximum Gasteiger partial charge on any atom is 0.236 e. The number of nitrogens with one attached hydrogen (secondary N) is 2. The monoisotopic (exact) mass is 244 g/mol. The average molecular weight is 244 g/mol. The number of rotatable bonds is 4. The maximum atomic E-state index is 11.6. The van der Waals surface area contributed by atoms with Gasteiger partial charge in [0.05, 0.1) is 6.04 Å². The van der Waals surface area contributed by atoms with Gasteiger partial charge >= 0.3 is 0 Å². The van der Waals surface area contributed by atoms with E-state index in [9.17, 15) is 4.79 Å². The molecular weight excluding hydrogens is 220 g/mol. The number of hydrogen-bond donors (Lipinski definition) is 2. The Hall–Kier alpha value is -0.220. The van der Waals surface area contributed by atoms with E-state index in [0.29, 0.717) is 18.0 Å². The molecule has 0 radical (unpaired) electrons. The Morgan fingerprint density at radius 2 is 2.25 bits per heavy atom. The molecule has 1 aliphatic heterocycles. The van der Waals surface area contributed by atoms with Crippen molar-refractivity contribution in [2.45, 2.75) is 46.2 Å². The number of thioether (sulfide) groups is 1. The molecule has 0 aliphatic carbocycles. The quantitative estimate of drug-likeness (QED) is 0.790. The van der Waals surface area contributed by atoms with Crippen LogP contribution in [0.25, 0.3) is 0 Å². The SMILES string of the molecule is CCNC(=O)C(C)NC1CSCCC1(C)C. The molecule has 4 heteroatoms. The van der Waals surface area contributed by atoms with E-state index in [1.165, 1.54) is 12.2 Å². The van der Waals surface area contributed by atoms with Gasteiger partial charge in [-0.1, -0.05) is 13.8 Å². The normalized spacial score (nSPS) is 26.1. The molecule has 0 aromatic heterocycles. The van der Waals surface area contributed by atoms with Gasteiger partial charge in [0.1, 0.15) is 0 Å². The lowest BCUT2D eigenvalue weighted by atomic mass is 9.82. The van der Waals surface area contributed by atoms with Gasteiger partial charge in [0.25, 0.3) is 0 Å². The first kappa shape index (κ1) is 13.8. The number of carbonyl (C=O) groups is 1. The first-order valence-corrected chi connectivity index (χ1v) is 7.24. The van der Waals surface area contributed by atoms with Crippen molar-refractivity contribution in [3.8, 4) is 0 Å². The van der Waals surface area contributed by atoms with Crippen LogP contribution in [-0.2, 0) is 4.79 Å². The molecule has 3 nitrogen and oxygen atoms in total. The van der Waals surface area contributed by atoms with E-state index in [2.05, 4.69) is 24.5 Å². The smallest absolute Gasteiger partial charge is 0.236 e. The zero-order valence-corrected chi connectivity index (χ0v) is 11.6. The lowest BCUT2D eigenvalue weighted by Gasteiger charge is -2.40. The summed E-state index contributed by atoms with van der Waals surface area (Å²) in [5, 5.41) is 6.31. The summed E-state index contributed by atoms with van der Waals surface area (Å²) >= 11 is 1.98. The van der Waals surface area contributed by atoms with Crippen LogP contribution in [0.1, 0.15) is 34.1 Å². The number of amides is 1. The van der Waals surface area contributed by atoms with Crippen LogP contribution < -0.4 is 10.6 Å². The summed E-state index contributed by atoms with van der Waals surface area (Å²) in [6.45, 7) is 9.17. The third kappa shape index (κ3) is 3.67. The third-order valence-corrected chi connectivity index (χ3v) is 4.38. The summed E-state index contributed by atoms with van der Waals surface area (Å²) in [6, 6.07) is 0.340. The van der Waals surface area contributed by atoms with Crippen LogP contribution in [0.2, 0.25) is 0 Å². The van der Waals surface area contributed by atoms with E-state index in [1.54, 1.807) is 0 Å². The minimum absolute atomic E-state index is 0.0945. The predicted octanol–water partition coefficient (Wildman–Crippen LogP) is 1.63. The first-order chi connectivity index (χ1) is 7.47. The molecular formula is C12H24N2OS. The van der Waals surface area contributed by atoms with Crippen molar-refractivity contribution in [3.63, 3.8) is 0 Å². The first-order valence-electron chi connectivity index (χ1n) is 6.09. The highest BCUT2D eigenvalue weighted by molar-refractivity contribution is 7.99. The Balaban J connectivity index is 2.48. The number of hydrogen-bond acceptors (Lipinski definition) is 3. The lowest BCUT2D eigenvalue weighted by molar-refractivity contribution is -0.123. The number of carbonyl (C=O) groups excluding carboxylic acids is 1. The summed E-state index contributed by atoms with van der Waals surface area (Å²) in [7, 11) is 0. The molecule has 2 atom stereocenters. The Bertz CT molecular complexity index is 243. The van der Waals surface area contributed by atoms with Crippen LogP contribution in [-0.4, -0.2) is 36.0 Å². The zero-order chi connectivity index (χ0) is 12.2. The molecule has 1 aliphatic rings. The van der Waals surface area contributed by atoms with Crippen molar-refractivity contribution in [2.75, 3.05) is 18.1 Å². The molecule has 16 heavy (non-hydrogen) atoms. The summed E-state index contributed by atoms with van der Waals surface area (Å²) in [5.41, 5.74) is 0.298. The highest BCUT2D eigenvalue weighted by Crippen LogP contribution is 2.34. The fourth-order valence-electron chi connectivity index (χ4n) is 1.91. The van der Waals surface area contributed by atoms with E-state index in [-0.39, 0.29) is 11.9 Å². The van der Waals surface area contributed by atoms with Crippen molar-refractivity contribution in [2.24, 2.45) is 5.41 Å². The molecule has 1 amide bonds. The van der Waals surface area contributed by atoms with Gasteiger partial charge in [0.15, 0.2) is 0 Å². The predicted molar refractivity (Wildman–Crippen MR) is 70.8 cm³/mol. The number of likely N-dealkylation sites (N-methyl/N-ethyl adjacent to an activating group) is 1. The van der Waals surface area contributed by atoms with E-state index in [4.69, 9.17) is 0 Å². The van der Waals surface area contributed by atoms with E-state index >= 15 is 0 Å². The molecule has 1 fully saturated rings. The van der Waals surface area contributed by atoms with Crippen molar-refractivity contribution < 1.29 is 4.79 Å². The van der Waals surface area contributed by atoms with Gasteiger partial charge in [-0.25, -0.2) is 0 Å². The van der Waals surface area contributed by atoms with Crippen LogP contribution in [0.5, 0.6) is 0 Å². The third-order valence-electron chi connectivity index (χ3n) is 3.31. The minimum Gasteiger partial charge on any atom is -0.355 e. The molecule has 0 spiro atoms. The highest BCUT2D eigenvalue weighted by Gasteiger charge is 2.34. The Kier molecular flexibility index (Phi) is 5.12. The van der Waals surface area contributed by atoms with Crippen LogP contribution in [0, 0.1) is 5.41 Å². The second kappa shape index (κ2) is 5.92. The molecule has 2 N–H and O–H groups in total. The fraction of sp³-hybridized carbons (Fsp3) is 0.917. The second-order valence-corrected chi connectivity index (χ2v) is 6.30. The van der Waals surface area contributed by atoms with Gasteiger partial charge in [-0.2, -0.15) is 11.8 Å². The zero-order valence-electron chi connectivity index (χ0n) is 10.8. The Morgan fingerprint density at radius 1 is 1.56 bits per heavy atom. The Morgan fingerprint density at radius 3 is 2.81 bits per heavy atom. The molecule has 1 heterocycles. The van der Waals surface area contributed by atoms with Crippen molar-refractivity contribution in [1.29, 1.82) is 0 Å². The molecule has 0 bridgehead atoms. The van der Waals surface area contributed by atoms with Gasteiger partial charge in [0.2, 0.25) is 5.91 Å². The van der Waals surface area contributed by atoms with Crippen LogP contribution in [0.15, 0.2) is 0 Å². The van der Waals surface area contributed by atoms with Gasteiger partial charge in [-0.15, -0.1) is 0 Å². The molecule has 1 saturated heterocycles. The summed E-state index contributed by atoms with van der Waals surface area (Å²) < 4.78 is 0. The van der Waals surface area contributed by atoms with Crippen LogP contribution in [0.4, 0.5) is 0 Å². The summed E-state index contributed by atoms with van der Waals surface area (Å²) in [6.07, 6.45) is 1.22. The van der Waals surface area contributed by atoms with Crippen LogP contribution in [0.3, 0.4) is 0 Å². The van der Waals surface area contributed by atoms with Gasteiger partial charge < -0.3 is 10.6 Å². The molecule has 94 valence electrons.